The Labute approximate surface area is 259 Å². The van der Waals surface area contributed by atoms with Gasteiger partial charge in [0.2, 0.25) is 0 Å². The Hall–Kier alpha value is -3.83. The quantitative estimate of drug-likeness (QED) is 0.172. The molecule has 0 spiro atoms. The van der Waals surface area contributed by atoms with Gasteiger partial charge in [-0.1, -0.05) is 87.0 Å². The van der Waals surface area contributed by atoms with E-state index in [2.05, 4.69) is 112 Å². The zero-order valence-electron chi connectivity index (χ0n) is 26.0. The molecule has 3 aromatic carbocycles. The van der Waals surface area contributed by atoms with Crippen molar-refractivity contribution in [1.82, 2.24) is 9.55 Å². The second kappa shape index (κ2) is 11.7. The fourth-order valence-electron chi connectivity index (χ4n) is 6.05. The number of ether oxygens (including phenoxy) is 1. The van der Waals surface area contributed by atoms with Gasteiger partial charge in [0.05, 0.1) is 11.2 Å². The SMILES string of the molecule is CC(=O)C(C)(C)Cc1c2c3c(c(OCc4ccc(-c5ccccc5)c(C)n4)ccc3n1Cc1ccc(C)cc1)CC(C)S2. The number of aromatic nitrogens is 2. The molecule has 220 valence electrons. The van der Waals surface area contributed by atoms with Gasteiger partial charge in [0, 0.05) is 56.4 Å². The molecular weight excluding hydrogens is 548 g/mol. The lowest BCUT2D eigenvalue weighted by Gasteiger charge is -2.25. The number of pyridine rings is 1. The third kappa shape index (κ3) is 5.88. The summed E-state index contributed by atoms with van der Waals surface area (Å²) in [6.45, 7) is 13.5. The first-order valence-electron chi connectivity index (χ1n) is 15.2. The largest absolute Gasteiger partial charge is 0.487 e. The highest BCUT2D eigenvalue weighted by atomic mass is 32.2. The average Bonchev–Trinajstić information content (AvgIpc) is 3.26. The van der Waals surface area contributed by atoms with Crippen molar-refractivity contribution in [2.75, 3.05) is 0 Å². The molecule has 5 heteroatoms. The van der Waals surface area contributed by atoms with E-state index in [4.69, 9.17) is 9.72 Å². The van der Waals surface area contributed by atoms with Crippen LogP contribution >= 0.6 is 11.8 Å². The molecule has 0 saturated heterocycles. The van der Waals surface area contributed by atoms with Crippen LogP contribution in [0.5, 0.6) is 5.75 Å². The van der Waals surface area contributed by atoms with E-state index in [0.29, 0.717) is 18.3 Å². The maximum Gasteiger partial charge on any atom is 0.135 e. The molecule has 0 fully saturated rings. The third-order valence-corrected chi connectivity index (χ3v) is 10.0. The van der Waals surface area contributed by atoms with Crippen molar-refractivity contribution in [3.63, 3.8) is 0 Å². The summed E-state index contributed by atoms with van der Waals surface area (Å²) in [6.07, 6.45) is 1.64. The van der Waals surface area contributed by atoms with Crippen molar-refractivity contribution in [3.05, 3.63) is 113 Å². The molecule has 0 radical (unpaired) electrons. The van der Waals surface area contributed by atoms with Crippen LogP contribution in [0.15, 0.2) is 83.8 Å². The maximum atomic E-state index is 12.7. The van der Waals surface area contributed by atoms with Crippen LogP contribution in [-0.4, -0.2) is 20.6 Å². The van der Waals surface area contributed by atoms with E-state index >= 15 is 0 Å². The van der Waals surface area contributed by atoms with Gasteiger partial charge >= 0.3 is 0 Å². The Kier molecular flexibility index (Phi) is 7.95. The molecule has 0 aliphatic carbocycles. The van der Waals surface area contributed by atoms with Crippen molar-refractivity contribution in [3.8, 4) is 16.9 Å². The van der Waals surface area contributed by atoms with E-state index in [1.54, 1.807) is 6.92 Å². The summed E-state index contributed by atoms with van der Waals surface area (Å²) >= 11 is 1.94. The van der Waals surface area contributed by atoms with Crippen LogP contribution in [-0.2, 0) is 30.8 Å². The highest BCUT2D eigenvalue weighted by Crippen LogP contribution is 2.48. The Morgan fingerprint density at radius 2 is 1.74 bits per heavy atom. The number of nitrogens with zero attached hydrogens (tertiary/aromatic N) is 2. The van der Waals surface area contributed by atoms with E-state index in [-0.39, 0.29) is 5.78 Å². The molecule has 1 atom stereocenters. The molecule has 6 rings (SSSR count). The number of Topliss-reactive ketones (excluding diaryl/α,β-unsaturated/α-hetero) is 1. The number of rotatable bonds is 9. The van der Waals surface area contributed by atoms with Crippen LogP contribution < -0.4 is 4.74 Å². The summed E-state index contributed by atoms with van der Waals surface area (Å²) in [6, 6.07) is 27.7. The topological polar surface area (TPSA) is 44.1 Å². The highest BCUT2D eigenvalue weighted by Gasteiger charge is 2.33. The summed E-state index contributed by atoms with van der Waals surface area (Å²) in [5.74, 6) is 1.14. The first-order chi connectivity index (χ1) is 20.6. The molecule has 1 aliphatic rings. The first kappa shape index (κ1) is 29.3. The number of thioether (sulfide) groups is 1. The Morgan fingerprint density at radius 3 is 2.44 bits per heavy atom. The third-order valence-electron chi connectivity index (χ3n) is 8.79. The van der Waals surface area contributed by atoms with Gasteiger partial charge in [-0.25, -0.2) is 0 Å². The van der Waals surface area contributed by atoms with E-state index in [9.17, 15) is 4.79 Å². The standard InChI is InChI=1S/C38H40N2O2S/c1-24-12-14-28(15-13-24)22-40-33-18-19-35(42-23-30-16-17-31(26(3)39-30)29-10-8-7-9-11-29)32-20-25(2)43-37(36(32)33)34(40)21-38(5,6)27(4)41/h7-19,25H,20-23H2,1-6H3. The van der Waals surface area contributed by atoms with Crippen LogP contribution in [0.2, 0.25) is 0 Å². The molecule has 5 aromatic rings. The molecule has 3 heterocycles. The van der Waals surface area contributed by atoms with Crippen molar-refractivity contribution in [1.29, 1.82) is 0 Å². The van der Waals surface area contributed by atoms with Crippen molar-refractivity contribution >= 4 is 28.4 Å². The van der Waals surface area contributed by atoms with Crippen molar-refractivity contribution in [2.24, 2.45) is 5.41 Å². The number of hydrogen-bond acceptors (Lipinski definition) is 4. The summed E-state index contributed by atoms with van der Waals surface area (Å²) in [7, 11) is 0. The lowest BCUT2D eigenvalue weighted by molar-refractivity contribution is -0.124. The molecular formula is C38H40N2O2S. The fourth-order valence-corrected chi connectivity index (χ4v) is 7.36. The predicted octanol–water partition coefficient (Wildman–Crippen LogP) is 9.14. The predicted molar refractivity (Wildman–Crippen MR) is 178 cm³/mol. The second-order valence-corrected chi connectivity index (χ2v) is 14.1. The number of aryl methyl sites for hydroxylation is 2. The van der Waals surface area contributed by atoms with Crippen molar-refractivity contribution < 1.29 is 9.53 Å². The number of hydrogen-bond donors (Lipinski definition) is 0. The van der Waals surface area contributed by atoms with E-state index in [1.165, 1.54) is 43.7 Å². The van der Waals surface area contributed by atoms with Crippen molar-refractivity contribution in [2.45, 2.75) is 77.7 Å². The lowest BCUT2D eigenvalue weighted by Crippen LogP contribution is -2.26. The van der Waals surface area contributed by atoms with Gasteiger partial charge in [0.25, 0.3) is 0 Å². The highest BCUT2D eigenvalue weighted by molar-refractivity contribution is 8.00. The molecule has 0 N–H and O–H groups in total. The number of carbonyl (C=O) groups excluding carboxylic acids is 1. The minimum Gasteiger partial charge on any atom is -0.487 e. The summed E-state index contributed by atoms with van der Waals surface area (Å²) in [4.78, 5) is 18.9. The Balaban J connectivity index is 1.39. The number of carbonyl (C=O) groups is 1. The number of benzene rings is 3. The van der Waals surface area contributed by atoms with Crippen LogP contribution in [0.3, 0.4) is 0 Å². The fraction of sp³-hybridized carbons (Fsp3) is 0.316. The smallest absolute Gasteiger partial charge is 0.135 e. The maximum absolute atomic E-state index is 12.7. The summed E-state index contributed by atoms with van der Waals surface area (Å²) in [5.41, 5.74) is 10.0. The molecule has 1 unspecified atom stereocenters. The molecule has 43 heavy (non-hydrogen) atoms. The van der Waals surface area contributed by atoms with Gasteiger partial charge in [0.15, 0.2) is 0 Å². The minimum absolute atomic E-state index is 0.214. The monoisotopic (exact) mass is 588 g/mol. The Bertz CT molecular complexity index is 1800. The number of ketones is 1. The normalized spacial score (nSPS) is 14.7. The van der Waals surface area contributed by atoms with Crippen LogP contribution in [0.4, 0.5) is 0 Å². The second-order valence-electron chi connectivity index (χ2n) is 12.6. The molecule has 2 aromatic heterocycles. The Morgan fingerprint density at radius 1 is 1.00 bits per heavy atom. The minimum atomic E-state index is -0.452. The van der Waals surface area contributed by atoms with Gasteiger partial charge in [-0.2, -0.15) is 0 Å². The van der Waals surface area contributed by atoms with Crippen LogP contribution in [0.1, 0.15) is 61.5 Å². The summed E-state index contributed by atoms with van der Waals surface area (Å²) < 4.78 is 8.99. The average molecular weight is 589 g/mol. The van der Waals surface area contributed by atoms with E-state index in [1.807, 2.05) is 17.8 Å². The molecule has 0 saturated carbocycles. The van der Waals surface area contributed by atoms with Gasteiger partial charge < -0.3 is 9.30 Å². The molecule has 1 aliphatic heterocycles. The molecule has 4 nitrogen and oxygen atoms in total. The van der Waals surface area contributed by atoms with Crippen LogP contribution in [0.25, 0.3) is 22.0 Å². The lowest BCUT2D eigenvalue weighted by atomic mass is 9.84. The zero-order valence-corrected chi connectivity index (χ0v) is 26.8. The summed E-state index contributed by atoms with van der Waals surface area (Å²) in [5, 5.41) is 1.69. The van der Waals surface area contributed by atoms with Gasteiger partial charge in [-0.3, -0.25) is 9.78 Å². The van der Waals surface area contributed by atoms with Gasteiger partial charge in [-0.15, -0.1) is 11.8 Å². The molecule has 0 amide bonds. The first-order valence-corrected chi connectivity index (χ1v) is 16.0. The van der Waals surface area contributed by atoms with E-state index < -0.39 is 5.41 Å². The van der Waals surface area contributed by atoms with Gasteiger partial charge in [0.1, 0.15) is 18.1 Å². The van der Waals surface area contributed by atoms with Gasteiger partial charge in [-0.05, 0) is 56.5 Å². The van der Waals surface area contributed by atoms with E-state index in [0.717, 1.165) is 35.7 Å². The zero-order chi connectivity index (χ0) is 30.3. The van der Waals surface area contributed by atoms with Crippen LogP contribution in [0, 0.1) is 19.3 Å². The molecule has 0 bridgehead atoms.